The van der Waals surface area contributed by atoms with Crippen LogP contribution in [0.5, 0.6) is 5.75 Å². The van der Waals surface area contributed by atoms with Gasteiger partial charge in [-0.25, -0.2) is 0 Å². The Bertz CT molecular complexity index is 404. The van der Waals surface area contributed by atoms with Gasteiger partial charge in [0.2, 0.25) is 0 Å². The van der Waals surface area contributed by atoms with Crippen molar-refractivity contribution >= 4 is 0 Å². The molecule has 0 radical (unpaired) electrons. The van der Waals surface area contributed by atoms with E-state index in [-0.39, 0.29) is 18.8 Å². The molecule has 3 N–H and O–H groups in total. The molecule has 1 aromatic carbocycles. The first kappa shape index (κ1) is 16.0. The first-order valence-corrected chi connectivity index (χ1v) is 6.58. The van der Waals surface area contributed by atoms with Gasteiger partial charge in [-0.05, 0) is 39.3 Å². The van der Waals surface area contributed by atoms with E-state index in [9.17, 15) is 5.11 Å². The Morgan fingerprint density at radius 1 is 1.32 bits per heavy atom. The summed E-state index contributed by atoms with van der Waals surface area (Å²) in [5, 5.41) is 22.0. The number of benzene rings is 1. The second-order valence-electron chi connectivity index (χ2n) is 5.66. The molecule has 0 aliphatic carbocycles. The van der Waals surface area contributed by atoms with Crippen molar-refractivity contribution in [2.24, 2.45) is 0 Å². The predicted molar refractivity (Wildman–Crippen MR) is 76.6 cm³/mol. The molecular weight excluding hydrogens is 242 g/mol. The van der Waals surface area contributed by atoms with Gasteiger partial charge in [0.05, 0.1) is 6.61 Å². The Kier molecular flexibility index (Phi) is 5.79. The van der Waals surface area contributed by atoms with Crippen molar-refractivity contribution in [1.82, 2.24) is 5.32 Å². The van der Waals surface area contributed by atoms with Crippen LogP contribution in [0.3, 0.4) is 0 Å². The Balaban J connectivity index is 2.40. The third kappa shape index (κ3) is 5.59. The van der Waals surface area contributed by atoms with Gasteiger partial charge in [0.15, 0.2) is 0 Å². The lowest BCUT2D eigenvalue weighted by atomic mass is 10.1. The van der Waals surface area contributed by atoms with E-state index in [1.54, 1.807) is 0 Å². The largest absolute Gasteiger partial charge is 0.491 e. The van der Waals surface area contributed by atoms with Crippen LogP contribution in [-0.2, 0) is 0 Å². The predicted octanol–water partition coefficient (Wildman–Crippen LogP) is 1.40. The second kappa shape index (κ2) is 6.89. The van der Waals surface area contributed by atoms with E-state index in [0.717, 1.165) is 11.3 Å². The quantitative estimate of drug-likeness (QED) is 0.699. The zero-order valence-electron chi connectivity index (χ0n) is 12.2. The lowest BCUT2D eigenvalue weighted by Gasteiger charge is -2.25. The minimum Gasteiger partial charge on any atom is -0.491 e. The molecule has 0 amide bonds. The molecule has 0 spiro atoms. The van der Waals surface area contributed by atoms with E-state index in [0.29, 0.717) is 6.54 Å². The van der Waals surface area contributed by atoms with E-state index >= 15 is 0 Å². The van der Waals surface area contributed by atoms with Gasteiger partial charge in [-0.15, -0.1) is 0 Å². The van der Waals surface area contributed by atoms with Crippen molar-refractivity contribution in [2.45, 2.75) is 39.3 Å². The minimum absolute atomic E-state index is 0.0254. The molecule has 4 nitrogen and oxygen atoms in total. The molecule has 0 unspecified atom stereocenters. The van der Waals surface area contributed by atoms with Crippen LogP contribution in [-0.4, -0.2) is 41.6 Å². The first-order valence-electron chi connectivity index (χ1n) is 6.58. The molecule has 0 aliphatic heterocycles. The summed E-state index contributed by atoms with van der Waals surface area (Å²) in [6.07, 6.45) is -0.605. The molecule has 0 aliphatic rings. The maximum atomic E-state index is 9.85. The Morgan fingerprint density at radius 2 is 2.00 bits per heavy atom. The highest BCUT2D eigenvalue weighted by Gasteiger charge is 2.17. The van der Waals surface area contributed by atoms with E-state index < -0.39 is 6.10 Å². The number of aryl methyl sites for hydroxylation is 2. The molecule has 4 heteroatoms. The molecular formula is C15H25NO3. The maximum Gasteiger partial charge on any atom is 0.122 e. The van der Waals surface area contributed by atoms with Crippen molar-refractivity contribution in [2.75, 3.05) is 19.8 Å². The molecule has 0 aromatic heterocycles. The highest BCUT2D eigenvalue weighted by atomic mass is 16.5. The molecule has 0 saturated heterocycles. The van der Waals surface area contributed by atoms with Crippen LogP contribution in [0.25, 0.3) is 0 Å². The molecule has 1 atom stereocenters. The summed E-state index contributed by atoms with van der Waals surface area (Å²) < 4.78 is 5.60. The molecule has 0 bridgehead atoms. The van der Waals surface area contributed by atoms with E-state index in [1.165, 1.54) is 5.56 Å². The third-order valence-electron chi connectivity index (χ3n) is 2.97. The van der Waals surface area contributed by atoms with Crippen molar-refractivity contribution < 1.29 is 14.9 Å². The first-order chi connectivity index (χ1) is 8.84. The van der Waals surface area contributed by atoms with Gasteiger partial charge in [0.25, 0.3) is 0 Å². The number of hydrogen-bond donors (Lipinski definition) is 3. The van der Waals surface area contributed by atoms with Gasteiger partial charge < -0.3 is 20.3 Å². The summed E-state index contributed by atoms with van der Waals surface area (Å²) in [5.74, 6) is 0.797. The monoisotopic (exact) mass is 267 g/mol. The fourth-order valence-corrected chi connectivity index (χ4v) is 1.66. The highest BCUT2D eigenvalue weighted by molar-refractivity contribution is 5.35. The Morgan fingerprint density at radius 3 is 2.58 bits per heavy atom. The molecule has 0 heterocycles. The van der Waals surface area contributed by atoms with Crippen LogP contribution < -0.4 is 10.1 Å². The highest BCUT2D eigenvalue weighted by Crippen LogP contribution is 2.18. The molecule has 0 saturated carbocycles. The van der Waals surface area contributed by atoms with Gasteiger partial charge in [0.1, 0.15) is 18.5 Å². The van der Waals surface area contributed by atoms with E-state index in [1.807, 2.05) is 39.8 Å². The number of hydrogen-bond acceptors (Lipinski definition) is 4. The maximum absolute atomic E-state index is 9.85. The van der Waals surface area contributed by atoms with Crippen LogP contribution in [0.15, 0.2) is 18.2 Å². The van der Waals surface area contributed by atoms with E-state index in [2.05, 4.69) is 11.4 Å². The van der Waals surface area contributed by atoms with Gasteiger partial charge in [0, 0.05) is 12.1 Å². The number of rotatable bonds is 7. The Hall–Kier alpha value is -1.10. The average Bonchev–Trinajstić information content (AvgIpc) is 2.35. The third-order valence-corrected chi connectivity index (χ3v) is 2.97. The molecule has 0 fully saturated rings. The van der Waals surface area contributed by atoms with Crippen molar-refractivity contribution in [3.63, 3.8) is 0 Å². The smallest absolute Gasteiger partial charge is 0.122 e. The number of aliphatic hydroxyl groups excluding tert-OH is 2. The fraction of sp³-hybridized carbons (Fsp3) is 0.600. The lowest BCUT2D eigenvalue weighted by Crippen LogP contribution is -2.47. The number of nitrogens with one attached hydrogen (secondary N) is 1. The normalized spacial score (nSPS) is 13.4. The molecule has 108 valence electrons. The van der Waals surface area contributed by atoms with E-state index in [4.69, 9.17) is 9.84 Å². The van der Waals surface area contributed by atoms with Gasteiger partial charge >= 0.3 is 0 Å². The van der Waals surface area contributed by atoms with Crippen molar-refractivity contribution in [3.05, 3.63) is 29.3 Å². The summed E-state index contributed by atoms with van der Waals surface area (Å²) in [4.78, 5) is 0. The van der Waals surface area contributed by atoms with Gasteiger partial charge in [-0.2, -0.15) is 0 Å². The van der Waals surface area contributed by atoms with Gasteiger partial charge in [-0.3, -0.25) is 0 Å². The molecule has 1 aromatic rings. The lowest BCUT2D eigenvalue weighted by molar-refractivity contribution is 0.0904. The fourth-order valence-electron chi connectivity index (χ4n) is 1.66. The van der Waals surface area contributed by atoms with Crippen LogP contribution in [0.4, 0.5) is 0 Å². The van der Waals surface area contributed by atoms with Crippen molar-refractivity contribution in [1.29, 1.82) is 0 Å². The van der Waals surface area contributed by atoms with Crippen LogP contribution in [0.1, 0.15) is 25.0 Å². The number of ether oxygens (including phenoxy) is 1. The average molecular weight is 267 g/mol. The van der Waals surface area contributed by atoms with Crippen LogP contribution in [0.2, 0.25) is 0 Å². The summed E-state index contributed by atoms with van der Waals surface area (Å²) in [5.41, 5.74) is 1.87. The zero-order chi connectivity index (χ0) is 14.5. The topological polar surface area (TPSA) is 61.7 Å². The minimum atomic E-state index is -0.605. The second-order valence-corrected chi connectivity index (χ2v) is 5.66. The summed E-state index contributed by atoms with van der Waals surface area (Å²) in [6, 6.07) is 5.96. The standard InChI is InChI=1S/C15H25NO3/c1-11-5-6-14(12(2)7-11)19-9-13(18)8-16-15(3,4)10-17/h5-7,13,16-18H,8-10H2,1-4H3/t13-/m1/s1. The molecule has 1 rings (SSSR count). The summed E-state index contributed by atoms with van der Waals surface area (Å²) in [7, 11) is 0. The van der Waals surface area contributed by atoms with Crippen molar-refractivity contribution in [3.8, 4) is 5.75 Å². The zero-order valence-corrected chi connectivity index (χ0v) is 12.2. The van der Waals surface area contributed by atoms with Gasteiger partial charge in [-0.1, -0.05) is 17.7 Å². The number of aliphatic hydroxyl groups is 2. The SMILES string of the molecule is Cc1ccc(OC[C@H](O)CNC(C)(C)CO)c(C)c1. The Labute approximate surface area is 115 Å². The van der Waals surface area contributed by atoms with Crippen LogP contribution in [0, 0.1) is 13.8 Å². The summed E-state index contributed by atoms with van der Waals surface area (Å²) in [6.45, 7) is 8.43. The van der Waals surface area contributed by atoms with Crippen LogP contribution >= 0.6 is 0 Å². The molecule has 19 heavy (non-hydrogen) atoms. The number of β-amino-alcohol motifs (C(OH)–C–C–N with tert-alkyl or cyclic N) is 1. The summed E-state index contributed by atoms with van der Waals surface area (Å²) >= 11 is 0.